The number of aryl methyl sites for hydroxylation is 1. The summed E-state index contributed by atoms with van der Waals surface area (Å²) in [6.45, 7) is 3.51. The molecular weight excluding hydrogens is 336 g/mol. The second-order valence-electron chi connectivity index (χ2n) is 5.05. The lowest BCUT2D eigenvalue weighted by Gasteiger charge is -2.09. The first-order valence-electron chi connectivity index (χ1n) is 6.76. The molecule has 3 rings (SSSR count). The maximum atomic E-state index is 5.83. The van der Waals surface area contributed by atoms with Crippen LogP contribution in [0.1, 0.15) is 28.3 Å². The quantitative estimate of drug-likeness (QED) is 0.851. The highest BCUT2D eigenvalue weighted by Gasteiger charge is 2.20. The molecule has 0 bridgehead atoms. The number of hydrogen-bond donors (Lipinski definition) is 1. The van der Waals surface area contributed by atoms with E-state index in [1.165, 1.54) is 18.4 Å². The number of halogens is 1. The predicted octanol–water partition coefficient (Wildman–Crippen LogP) is 4.05. The Morgan fingerprint density at radius 1 is 1.45 bits per heavy atom. The molecule has 20 heavy (non-hydrogen) atoms. The van der Waals surface area contributed by atoms with Crippen molar-refractivity contribution in [1.29, 1.82) is 0 Å². The van der Waals surface area contributed by atoms with Gasteiger partial charge in [0.25, 0.3) is 0 Å². The number of ether oxygens (including phenoxy) is 1. The minimum Gasteiger partial charge on any atom is -0.487 e. The Labute approximate surface area is 131 Å². The molecular formula is C15H17BrN2OS. The van der Waals surface area contributed by atoms with Crippen LogP contribution in [-0.4, -0.2) is 11.0 Å². The minimum atomic E-state index is 0.573. The molecule has 0 atom stereocenters. The third-order valence-electron chi connectivity index (χ3n) is 3.21. The van der Waals surface area contributed by atoms with Gasteiger partial charge < -0.3 is 10.1 Å². The molecule has 1 aromatic heterocycles. The molecule has 1 heterocycles. The zero-order valence-electron chi connectivity index (χ0n) is 11.4. The van der Waals surface area contributed by atoms with Gasteiger partial charge in [-0.05, 0) is 53.4 Å². The smallest absolute Gasteiger partial charge is 0.134 e. The molecule has 1 saturated carbocycles. The molecule has 0 saturated heterocycles. The lowest BCUT2D eigenvalue weighted by Crippen LogP contribution is -2.15. The van der Waals surface area contributed by atoms with E-state index in [-0.39, 0.29) is 0 Å². The molecule has 0 unspecified atom stereocenters. The first-order chi connectivity index (χ1) is 9.70. The topological polar surface area (TPSA) is 34.1 Å². The Hall–Kier alpha value is -0.910. The van der Waals surface area contributed by atoms with Crippen LogP contribution >= 0.6 is 27.3 Å². The van der Waals surface area contributed by atoms with Gasteiger partial charge >= 0.3 is 0 Å². The van der Waals surface area contributed by atoms with Crippen LogP contribution in [0, 0.1) is 6.92 Å². The Morgan fingerprint density at radius 3 is 2.95 bits per heavy atom. The van der Waals surface area contributed by atoms with Crippen molar-refractivity contribution in [3.63, 3.8) is 0 Å². The van der Waals surface area contributed by atoms with Gasteiger partial charge in [-0.25, -0.2) is 4.98 Å². The van der Waals surface area contributed by atoms with Gasteiger partial charge in [-0.1, -0.05) is 6.07 Å². The SMILES string of the molecule is Cc1ncc(COc2ccc(CNC3CC3)cc2Br)s1. The molecule has 0 amide bonds. The van der Waals surface area contributed by atoms with Gasteiger partial charge in [-0.2, -0.15) is 0 Å². The Balaban J connectivity index is 1.58. The number of benzene rings is 1. The van der Waals surface area contributed by atoms with Gasteiger partial charge in [-0.3, -0.25) is 0 Å². The average Bonchev–Trinajstić information content (AvgIpc) is 3.17. The molecule has 2 aromatic rings. The summed E-state index contributed by atoms with van der Waals surface area (Å²) in [7, 11) is 0. The van der Waals surface area contributed by atoms with Gasteiger partial charge in [0, 0.05) is 18.8 Å². The van der Waals surface area contributed by atoms with Crippen molar-refractivity contribution in [1.82, 2.24) is 10.3 Å². The van der Waals surface area contributed by atoms with Crippen LogP contribution in [0.5, 0.6) is 5.75 Å². The first kappa shape index (κ1) is 14.0. The van der Waals surface area contributed by atoms with Crippen molar-refractivity contribution in [2.24, 2.45) is 0 Å². The van der Waals surface area contributed by atoms with Crippen molar-refractivity contribution in [2.75, 3.05) is 0 Å². The fourth-order valence-corrected chi connectivity index (χ4v) is 3.19. The first-order valence-corrected chi connectivity index (χ1v) is 8.37. The van der Waals surface area contributed by atoms with Gasteiger partial charge in [0.05, 0.1) is 14.4 Å². The third-order valence-corrected chi connectivity index (χ3v) is 4.71. The minimum absolute atomic E-state index is 0.573. The van der Waals surface area contributed by atoms with E-state index in [9.17, 15) is 0 Å². The number of nitrogens with one attached hydrogen (secondary N) is 1. The van der Waals surface area contributed by atoms with Crippen molar-refractivity contribution >= 4 is 27.3 Å². The van der Waals surface area contributed by atoms with Crippen LogP contribution in [0.3, 0.4) is 0 Å². The lowest BCUT2D eigenvalue weighted by atomic mass is 10.2. The number of nitrogens with zero attached hydrogens (tertiary/aromatic N) is 1. The Kier molecular flexibility index (Phi) is 4.38. The van der Waals surface area contributed by atoms with E-state index in [1.54, 1.807) is 11.3 Å². The standard InChI is InChI=1S/C15H17BrN2OS/c1-10-17-8-13(20-10)9-19-15-5-2-11(6-14(15)16)7-18-12-3-4-12/h2,5-6,8,12,18H,3-4,7,9H2,1H3. The van der Waals surface area contributed by atoms with Crippen LogP contribution in [0.15, 0.2) is 28.9 Å². The third kappa shape index (κ3) is 3.81. The average molecular weight is 353 g/mol. The summed E-state index contributed by atoms with van der Waals surface area (Å²) in [6, 6.07) is 7.01. The van der Waals surface area contributed by atoms with Crippen molar-refractivity contribution in [2.45, 2.75) is 39.0 Å². The molecule has 5 heteroatoms. The summed E-state index contributed by atoms with van der Waals surface area (Å²) in [5, 5.41) is 4.59. The number of rotatable bonds is 6. The molecule has 106 valence electrons. The molecule has 0 aliphatic heterocycles. The highest BCUT2D eigenvalue weighted by molar-refractivity contribution is 9.10. The van der Waals surface area contributed by atoms with E-state index in [4.69, 9.17) is 4.74 Å². The van der Waals surface area contributed by atoms with Gasteiger partial charge in [-0.15, -0.1) is 11.3 Å². The number of thiazole rings is 1. The zero-order valence-corrected chi connectivity index (χ0v) is 13.8. The van der Waals surface area contributed by atoms with E-state index in [1.807, 2.05) is 19.2 Å². The summed E-state index contributed by atoms with van der Waals surface area (Å²) in [6.07, 6.45) is 4.51. The van der Waals surface area contributed by atoms with E-state index in [2.05, 4.69) is 38.4 Å². The van der Waals surface area contributed by atoms with Crippen LogP contribution in [0.2, 0.25) is 0 Å². The summed E-state index contributed by atoms with van der Waals surface area (Å²) in [5.74, 6) is 0.881. The second-order valence-corrected chi connectivity index (χ2v) is 7.23. The van der Waals surface area contributed by atoms with Gasteiger partial charge in [0.15, 0.2) is 0 Å². The number of aromatic nitrogens is 1. The van der Waals surface area contributed by atoms with Crippen LogP contribution in [0.25, 0.3) is 0 Å². The molecule has 1 fully saturated rings. The molecule has 0 spiro atoms. The molecule has 3 nitrogen and oxygen atoms in total. The Bertz CT molecular complexity index is 595. The van der Waals surface area contributed by atoms with Crippen LogP contribution in [-0.2, 0) is 13.2 Å². The molecule has 1 aromatic carbocycles. The maximum absolute atomic E-state index is 5.83. The maximum Gasteiger partial charge on any atom is 0.134 e. The summed E-state index contributed by atoms with van der Waals surface area (Å²) < 4.78 is 6.84. The van der Waals surface area contributed by atoms with E-state index < -0.39 is 0 Å². The second kappa shape index (κ2) is 6.24. The molecule has 1 aliphatic carbocycles. The van der Waals surface area contributed by atoms with Crippen LogP contribution < -0.4 is 10.1 Å². The summed E-state index contributed by atoms with van der Waals surface area (Å²) in [5.41, 5.74) is 1.28. The van der Waals surface area contributed by atoms with Crippen molar-refractivity contribution in [3.05, 3.63) is 44.3 Å². The predicted molar refractivity (Wildman–Crippen MR) is 85.2 cm³/mol. The zero-order chi connectivity index (χ0) is 13.9. The Morgan fingerprint density at radius 2 is 2.30 bits per heavy atom. The highest BCUT2D eigenvalue weighted by Crippen LogP contribution is 2.28. The summed E-state index contributed by atoms with van der Waals surface area (Å²) >= 11 is 5.26. The normalized spacial score (nSPS) is 14.5. The van der Waals surface area contributed by atoms with Crippen LogP contribution in [0.4, 0.5) is 0 Å². The lowest BCUT2D eigenvalue weighted by molar-refractivity contribution is 0.307. The fourth-order valence-electron chi connectivity index (χ4n) is 1.94. The fraction of sp³-hybridized carbons (Fsp3) is 0.400. The largest absolute Gasteiger partial charge is 0.487 e. The van der Waals surface area contributed by atoms with Crippen molar-refractivity contribution in [3.8, 4) is 5.75 Å². The van der Waals surface area contributed by atoms with Gasteiger partial charge in [0.1, 0.15) is 12.4 Å². The number of hydrogen-bond acceptors (Lipinski definition) is 4. The monoisotopic (exact) mass is 352 g/mol. The van der Waals surface area contributed by atoms with E-state index >= 15 is 0 Å². The molecule has 1 N–H and O–H groups in total. The van der Waals surface area contributed by atoms with Gasteiger partial charge in [0.2, 0.25) is 0 Å². The molecule has 0 radical (unpaired) electrons. The molecule has 1 aliphatic rings. The van der Waals surface area contributed by atoms with E-state index in [0.29, 0.717) is 6.61 Å². The van der Waals surface area contributed by atoms with Crippen molar-refractivity contribution < 1.29 is 4.74 Å². The highest BCUT2D eigenvalue weighted by atomic mass is 79.9. The van der Waals surface area contributed by atoms with E-state index in [0.717, 1.165) is 32.7 Å². The summed E-state index contributed by atoms with van der Waals surface area (Å²) in [4.78, 5) is 5.38.